The van der Waals surface area contributed by atoms with Crippen LogP contribution in [0, 0.1) is 17.0 Å². The molecule has 0 saturated carbocycles. The molecule has 0 radical (unpaired) electrons. The first-order valence-corrected chi connectivity index (χ1v) is 5.97. The third-order valence-electron chi connectivity index (χ3n) is 2.79. The minimum atomic E-state index is -1.09. The van der Waals surface area contributed by atoms with Crippen molar-refractivity contribution in [3.05, 3.63) is 56.4 Å². The van der Waals surface area contributed by atoms with Crippen LogP contribution in [0.15, 0.2) is 24.4 Å². The van der Waals surface area contributed by atoms with Crippen molar-refractivity contribution in [3.63, 3.8) is 0 Å². The van der Waals surface area contributed by atoms with Gasteiger partial charge in [-0.05, 0) is 13.0 Å². The first-order valence-electron chi connectivity index (χ1n) is 5.59. The molecule has 104 valence electrons. The quantitative estimate of drug-likeness (QED) is 0.690. The average molecular weight is 296 g/mol. The van der Waals surface area contributed by atoms with E-state index in [-0.39, 0.29) is 22.8 Å². The molecule has 1 heterocycles. The molecule has 0 aliphatic carbocycles. The molecule has 2 rings (SSSR count). The predicted molar refractivity (Wildman–Crippen MR) is 71.1 cm³/mol. The van der Waals surface area contributed by atoms with E-state index in [1.54, 1.807) is 13.0 Å². The molecule has 1 aromatic heterocycles. The molecule has 2 aromatic rings. The van der Waals surface area contributed by atoms with Crippen molar-refractivity contribution in [2.75, 3.05) is 0 Å². The summed E-state index contributed by atoms with van der Waals surface area (Å²) in [6, 6.07) is 4.37. The van der Waals surface area contributed by atoms with E-state index in [1.807, 2.05) is 0 Å². The number of nitro groups is 1. The molecule has 0 amide bonds. The molecule has 0 bridgehead atoms. The Kier molecular flexibility index (Phi) is 3.71. The molecule has 1 aromatic carbocycles. The van der Waals surface area contributed by atoms with Crippen molar-refractivity contribution in [1.29, 1.82) is 0 Å². The predicted octanol–water partition coefficient (Wildman–Crippen LogP) is 2.50. The smallest absolute Gasteiger partial charge is 0.339 e. The number of hydrogen-bond acceptors (Lipinski definition) is 4. The standard InChI is InChI=1S/C12H10ClN3O4/c1-7-8(12(17)18)5-15(14-7)6-9-10(13)3-2-4-11(9)16(19)20/h2-5H,6H2,1H3,(H,17,18). The Bertz CT molecular complexity index is 696. The van der Waals surface area contributed by atoms with E-state index in [2.05, 4.69) is 5.10 Å². The first-order chi connectivity index (χ1) is 9.40. The van der Waals surface area contributed by atoms with Gasteiger partial charge in [-0.15, -0.1) is 0 Å². The molecular formula is C12H10ClN3O4. The molecule has 1 N–H and O–H groups in total. The van der Waals surface area contributed by atoms with Gasteiger partial charge in [0.15, 0.2) is 0 Å². The fraction of sp³-hybridized carbons (Fsp3) is 0.167. The van der Waals surface area contributed by atoms with Gasteiger partial charge in [-0.25, -0.2) is 4.79 Å². The number of carboxylic acid groups (broad SMARTS) is 1. The van der Waals surface area contributed by atoms with E-state index in [0.717, 1.165) is 0 Å². The van der Waals surface area contributed by atoms with Crippen LogP contribution < -0.4 is 0 Å². The minimum absolute atomic E-state index is 0.0319. The molecule has 0 aliphatic heterocycles. The topological polar surface area (TPSA) is 98.3 Å². The van der Waals surface area contributed by atoms with Crippen LogP contribution in [0.1, 0.15) is 21.6 Å². The van der Waals surface area contributed by atoms with E-state index in [9.17, 15) is 14.9 Å². The Morgan fingerprint density at radius 2 is 2.25 bits per heavy atom. The highest BCUT2D eigenvalue weighted by Gasteiger charge is 2.19. The van der Waals surface area contributed by atoms with Crippen molar-refractivity contribution < 1.29 is 14.8 Å². The second-order valence-electron chi connectivity index (χ2n) is 4.13. The van der Waals surface area contributed by atoms with Crippen LogP contribution in [0.2, 0.25) is 5.02 Å². The number of rotatable bonds is 4. The summed E-state index contributed by atoms with van der Waals surface area (Å²) < 4.78 is 1.33. The van der Waals surface area contributed by atoms with Gasteiger partial charge in [0.1, 0.15) is 5.56 Å². The molecule has 0 saturated heterocycles. The molecular weight excluding hydrogens is 286 g/mol. The zero-order valence-electron chi connectivity index (χ0n) is 10.4. The summed E-state index contributed by atoms with van der Waals surface area (Å²) in [5.41, 5.74) is 0.563. The van der Waals surface area contributed by atoms with Crippen LogP contribution in [0.25, 0.3) is 0 Å². The second kappa shape index (κ2) is 5.30. The number of benzene rings is 1. The zero-order chi connectivity index (χ0) is 14.9. The molecule has 7 nitrogen and oxygen atoms in total. The van der Waals surface area contributed by atoms with Gasteiger partial charge in [-0.2, -0.15) is 5.10 Å². The van der Waals surface area contributed by atoms with E-state index in [4.69, 9.17) is 16.7 Å². The van der Waals surface area contributed by atoms with Gasteiger partial charge in [0, 0.05) is 12.3 Å². The molecule has 8 heteroatoms. The van der Waals surface area contributed by atoms with Crippen molar-refractivity contribution in [2.45, 2.75) is 13.5 Å². The highest BCUT2D eigenvalue weighted by Crippen LogP contribution is 2.27. The summed E-state index contributed by atoms with van der Waals surface area (Å²) in [7, 11) is 0. The van der Waals surface area contributed by atoms with Crippen molar-refractivity contribution >= 4 is 23.3 Å². The third-order valence-corrected chi connectivity index (χ3v) is 3.14. The summed E-state index contributed by atoms with van der Waals surface area (Å²) >= 11 is 5.97. The lowest BCUT2D eigenvalue weighted by molar-refractivity contribution is -0.385. The largest absolute Gasteiger partial charge is 0.478 e. The highest BCUT2D eigenvalue weighted by molar-refractivity contribution is 6.31. The Labute approximate surface area is 118 Å². The van der Waals surface area contributed by atoms with E-state index < -0.39 is 10.9 Å². The number of nitrogens with zero attached hydrogens (tertiary/aromatic N) is 3. The van der Waals surface area contributed by atoms with Crippen molar-refractivity contribution in [2.24, 2.45) is 0 Å². The molecule has 0 fully saturated rings. The normalized spacial score (nSPS) is 10.5. The van der Waals surface area contributed by atoms with E-state index in [1.165, 1.54) is 23.0 Å². The maximum Gasteiger partial charge on any atom is 0.339 e. The van der Waals surface area contributed by atoms with Crippen LogP contribution in [0.5, 0.6) is 0 Å². The monoisotopic (exact) mass is 295 g/mol. The Hall–Kier alpha value is -2.41. The zero-order valence-corrected chi connectivity index (χ0v) is 11.2. The average Bonchev–Trinajstić information content (AvgIpc) is 2.72. The van der Waals surface area contributed by atoms with Crippen LogP contribution in [0.3, 0.4) is 0 Å². The molecule has 20 heavy (non-hydrogen) atoms. The number of aromatic carboxylic acids is 1. The summed E-state index contributed by atoms with van der Waals surface area (Å²) in [4.78, 5) is 21.4. The number of halogens is 1. The number of aryl methyl sites for hydroxylation is 1. The fourth-order valence-corrected chi connectivity index (χ4v) is 2.07. The van der Waals surface area contributed by atoms with E-state index >= 15 is 0 Å². The summed E-state index contributed by atoms with van der Waals surface area (Å²) in [6.07, 6.45) is 1.32. The maximum atomic E-state index is 11.0. The van der Waals surface area contributed by atoms with Gasteiger partial charge in [0.05, 0.1) is 27.7 Å². The summed E-state index contributed by atoms with van der Waals surface area (Å²) in [5, 5.41) is 24.2. The number of hydrogen-bond donors (Lipinski definition) is 1. The van der Waals surface area contributed by atoms with Crippen LogP contribution in [-0.4, -0.2) is 25.8 Å². The molecule has 0 atom stereocenters. The first kappa shape index (κ1) is 14.0. The number of carbonyl (C=O) groups is 1. The highest BCUT2D eigenvalue weighted by atomic mass is 35.5. The molecule has 0 spiro atoms. The molecule has 0 aliphatic rings. The maximum absolute atomic E-state index is 11.0. The number of nitro benzene ring substituents is 1. The number of aromatic nitrogens is 2. The fourth-order valence-electron chi connectivity index (χ4n) is 1.85. The van der Waals surface area contributed by atoms with Crippen LogP contribution in [-0.2, 0) is 6.54 Å². The van der Waals surface area contributed by atoms with Gasteiger partial charge in [-0.3, -0.25) is 14.8 Å². The second-order valence-corrected chi connectivity index (χ2v) is 4.53. The van der Waals surface area contributed by atoms with Crippen molar-refractivity contribution in [3.8, 4) is 0 Å². The van der Waals surface area contributed by atoms with Gasteiger partial charge in [0.2, 0.25) is 0 Å². The summed E-state index contributed by atoms with van der Waals surface area (Å²) in [5.74, 6) is -1.09. The third kappa shape index (κ3) is 2.62. The van der Waals surface area contributed by atoms with Gasteiger partial charge in [0.25, 0.3) is 5.69 Å². The SMILES string of the molecule is Cc1nn(Cc2c(Cl)cccc2[N+](=O)[O-])cc1C(=O)O. The lowest BCUT2D eigenvalue weighted by Gasteiger charge is -2.05. The van der Waals surface area contributed by atoms with Crippen LogP contribution in [0.4, 0.5) is 5.69 Å². The Balaban J connectivity index is 2.42. The van der Waals surface area contributed by atoms with Crippen LogP contribution >= 0.6 is 11.6 Å². The lowest BCUT2D eigenvalue weighted by atomic mass is 10.2. The van der Waals surface area contributed by atoms with Gasteiger partial charge >= 0.3 is 5.97 Å². The molecule has 0 unspecified atom stereocenters. The summed E-state index contributed by atoms with van der Waals surface area (Å²) in [6.45, 7) is 1.59. The van der Waals surface area contributed by atoms with E-state index in [0.29, 0.717) is 11.3 Å². The van der Waals surface area contributed by atoms with Gasteiger partial charge < -0.3 is 5.11 Å². The lowest BCUT2D eigenvalue weighted by Crippen LogP contribution is -2.04. The Morgan fingerprint density at radius 1 is 1.55 bits per heavy atom. The van der Waals surface area contributed by atoms with Gasteiger partial charge in [-0.1, -0.05) is 17.7 Å². The minimum Gasteiger partial charge on any atom is -0.478 e. The Morgan fingerprint density at radius 3 is 2.80 bits per heavy atom. The van der Waals surface area contributed by atoms with Crippen molar-refractivity contribution in [1.82, 2.24) is 9.78 Å². The number of carboxylic acids is 1.